The Labute approximate surface area is 126 Å². The molecule has 0 unspecified atom stereocenters. The lowest BCUT2D eigenvalue weighted by Gasteiger charge is -2.25. The van der Waals surface area contributed by atoms with Crippen LogP contribution >= 0.6 is 0 Å². The average Bonchev–Trinajstić information content (AvgIpc) is 2.35. The van der Waals surface area contributed by atoms with Crippen LogP contribution in [0.2, 0.25) is 0 Å². The van der Waals surface area contributed by atoms with E-state index in [1.54, 1.807) is 13.2 Å². The number of methoxy groups -OCH3 is 1. The molecule has 0 bridgehead atoms. The van der Waals surface area contributed by atoms with E-state index in [0.717, 1.165) is 0 Å². The predicted molar refractivity (Wildman–Crippen MR) is 83.2 cm³/mol. The van der Waals surface area contributed by atoms with Gasteiger partial charge in [0, 0.05) is 5.56 Å². The average molecular weight is 292 g/mol. The van der Waals surface area contributed by atoms with Crippen molar-refractivity contribution in [2.24, 2.45) is 5.41 Å². The number of aliphatic carboxylic acids is 1. The van der Waals surface area contributed by atoms with Crippen LogP contribution < -0.4 is 4.74 Å². The molecule has 0 saturated carbocycles. The minimum Gasteiger partial charge on any atom is -0.497 e. The van der Waals surface area contributed by atoms with Gasteiger partial charge in [-0.05, 0) is 31.4 Å². The lowest BCUT2D eigenvalue weighted by atomic mass is 9.84. The van der Waals surface area contributed by atoms with Gasteiger partial charge in [0.15, 0.2) is 0 Å². The van der Waals surface area contributed by atoms with Crippen molar-refractivity contribution < 1.29 is 19.4 Å². The summed E-state index contributed by atoms with van der Waals surface area (Å²) in [6.45, 7) is 9.34. The van der Waals surface area contributed by atoms with Crippen LogP contribution in [0.1, 0.15) is 40.2 Å². The van der Waals surface area contributed by atoms with Gasteiger partial charge in [0.05, 0.1) is 18.8 Å². The number of hydrogen-bond donors (Lipinski definition) is 1. The zero-order valence-electron chi connectivity index (χ0n) is 13.6. The fourth-order valence-electron chi connectivity index (χ4n) is 2.03. The summed E-state index contributed by atoms with van der Waals surface area (Å²) in [6.07, 6.45) is -0.122. The first kappa shape index (κ1) is 17.1. The molecule has 0 aromatic heterocycles. The Kier molecular flexibility index (Phi) is 5.41. The van der Waals surface area contributed by atoms with Crippen LogP contribution in [0.5, 0.6) is 5.75 Å². The zero-order chi connectivity index (χ0) is 16.2. The monoisotopic (exact) mass is 292 g/mol. The largest absolute Gasteiger partial charge is 0.497 e. The lowest BCUT2D eigenvalue weighted by molar-refractivity contribution is -0.133. The number of carboxylic acid groups (broad SMARTS) is 1. The normalized spacial score (nSPS) is 12.9. The van der Waals surface area contributed by atoms with Gasteiger partial charge in [-0.1, -0.05) is 32.9 Å². The van der Waals surface area contributed by atoms with Crippen molar-refractivity contribution in [3.63, 3.8) is 0 Å². The highest BCUT2D eigenvalue weighted by atomic mass is 16.5. The highest BCUT2D eigenvalue weighted by Crippen LogP contribution is 2.35. The van der Waals surface area contributed by atoms with Gasteiger partial charge in [-0.2, -0.15) is 0 Å². The van der Waals surface area contributed by atoms with Crippen molar-refractivity contribution in [1.82, 2.24) is 0 Å². The second-order valence-electron chi connectivity index (χ2n) is 6.16. The third-order valence-corrected chi connectivity index (χ3v) is 2.88. The summed E-state index contributed by atoms with van der Waals surface area (Å²) < 4.78 is 11.0. The van der Waals surface area contributed by atoms with E-state index in [2.05, 4.69) is 0 Å². The molecule has 1 N–H and O–H groups in total. The Balaban J connectivity index is 3.55. The van der Waals surface area contributed by atoms with Gasteiger partial charge in [0.2, 0.25) is 0 Å². The molecule has 0 aliphatic carbocycles. The van der Waals surface area contributed by atoms with Crippen molar-refractivity contribution in [2.75, 3.05) is 7.11 Å². The molecule has 0 fully saturated rings. The molecule has 0 amide bonds. The summed E-state index contributed by atoms with van der Waals surface area (Å²) in [5, 5.41) is 9.61. The van der Waals surface area contributed by atoms with Crippen LogP contribution in [0.3, 0.4) is 0 Å². The molecule has 0 radical (unpaired) electrons. The highest BCUT2D eigenvalue weighted by molar-refractivity contribution is 5.96. The molecule has 21 heavy (non-hydrogen) atoms. The topological polar surface area (TPSA) is 55.8 Å². The second kappa shape index (κ2) is 6.66. The van der Waals surface area contributed by atoms with Crippen LogP contribution in [-0.2, 0) is 9.53 Å². The molecule has 4 nitrogen and oxygen atoms in total. The van der Waals surface area contributed by atoms with Crippen LogP contribution in [-0.4, -0.2) is 24.3 Å². The fourth-order valence-corrected chi connectivity index (χ4v) is 2.03. The summed E-state index contributed by atoms with van der Waals surface area (Å²) >= 11 is 0. The van der Waals surface area contributed by atoms with Crippen LogP contribution in [0.4, 0.5) is 0 Å². The van der Waals surface area contributed by atoms with Gasteiger partial charge in [0.1, 0.15) is 11.5 Å². The van der Waals surface area contributed by atoms with Gasteiger partial charge >= 0.3 is 5.97 Å². The predicted octanol–water partition coefficient (Wildman–Crippen LogP) is 3.96. The quantitative estimate of drug-likeness (QED) is 0.659. The molecular formula is C17H24O4. The van der Waals surface area contributed by atoms with Crippen molar-refractivity contribution >= 4 is 11.7 Å². The van der Waals surface area contributed by atoms with E-state index in [9.17, 15) is 9.90 Å². The van der Waals surface area contributed by atoms with Gasteiger partial charge < -0.3 is 14.6 Å². The molecule has 116 valence electrons. The van der Waals surface area contributed by atoms with Crippen molar-refractivity contribution in [3.8, 4) is 5.75 Å². The molecule has 1 rings (SSSR count). The Bertz CT molecular complexity index is 536. The first-order valence-electron chi connectivity index (χ1n) is 6.96. The van der Waals surface area contributed by atoms with Crippen molar-refractivity contribution in [1.29, 1.82) is 0 Å². The van der Waals surface area contributed by atoms with Crippen LogP contribution in [0.25, 0.3) is 5.76 Å². The molecule has 0 aliphatic rings. The third-order valence-electron chi connectivity index (χ3n) is 2.88. The molecule has 1 aromatic carbocycles. The van der Waals surface area contributed by atoms with E-state index < -0.39 is 11.4 Å². The molecule has 0 heterocycles. The smallest absolute Gasteiger partial charge is 0.335 e. The van der Waals surface area contributed by atoms with Gasteiger partial charge in [-0.3, -0.25) is 0 Å². The summed E-state index contributed by atoms with van der Waals surface area (Å²) in [5.41, 5.74) is 0.416. The Morgan fingerprint density at radius 2 is 1.86 bits per heavy atom. The number of rotatable bonds is 5. The molecule has 0 spiro atoms. The molecule has 1 aromatic rings. The zero-order valence-corrected chi connectivity index (χ0v) is 13.6. The van der Waals surface area contributed by atoms with Crippen LogP contribution in [0, 0.1) is 5.41 Å². The van der Waals surface area contributed by atoms with Crippen molar-refractivity contribution in [3.05, 3.63) is 35.4 Å². The maximum Gasteiger partial charge on any atom is 0.335 e. The molecular weight excluding hydrogens is 268 g/mol. The minimum atomic E-state index is -0.971. The van der Waals surface area contributed by atoms with Gasteiger partial charge in [0.25, 0.3) is 0 Å². The van der Waals surface area contributed by atoms with Crippen LogP contribution in [0.15, 0.2) is 29.8 Å². The SMILES string of the molecule is COc1cccc(C(OC(C)C)=C(C(=O)O)C(C)(C)C)c1. The van der Waals surface area contributed by atoms with E-state index in [4.69, 9.17) is 9.47 Å². The maximum absolute atomic E-state index is 11.7. The first-order chi connectivity index (χ1) is 9.66. The maximum atomic E-state index is 11.7. The van der Waals surface area contributed by atoms with Gasteiger partial charge in [-0.15, -0.1) is 0 Å². The molecule has 0 aliphatic heterocycles. The van der Waals surface area contributed by atoms with Gasteiger partial charge in [-0.25, -0.2) is 4.79 Å². The number of carboxylic acids is 1. The number of benzene rings is 1. The summed E-state index contributed by atoms with van der Waals surface area (Å²) in [7, 11) is 1.58. The molecule has 0 atom stereocenters. The summed E-state index contributed by atoms with van der Waals surface area (Å²) in [6, 6.07) is 7.25. The number of hydrogen-bond acceptors (Lipinski definition) is 3. The van der Waals surface area contributed by atoms with E-state index >= 15 is 0 Å². The molecule has 0 saturated heterocycles. The first-order valence-corrected chi connectivity index (χ1v) is 6.96. The van der Waals surface area contributed by atoms with E-state index in [1.165, 1.54) is 0 Å². The minimum absolute atomic E-state index is 0.122. The second-order valence-corrected chi connectivity index (χ2v) is 6.16. The Morgan fingerprint density at radius 1 is 1.24 bits per heavy atom. The summed E-state index contributed by atoms with van der Waals surface area (Å²) in [5.74, 6) is 0.0841. The molecule has 4 heteroatoms. The van der Waals surface area contributed by atoms with E-state index in [0.29, 0.717) is 17.1 Å². The lowest BCUT2D eigenvalue weighted by Crippen LogP contribution is -2.21. The van der Waals surface area contributed by atoms with Crippen molar-refractivity contribution in [2.45, 2.75) is 40.7 Å². The third kappa shape index (κ3) is 4.52. The van der Waals surface area contributed by atoms with E-state index in [1.807, 2.05) is 52.8 Å². The Hall–Kier alpha value is -1.97. The Morgan fingerprint density at radius 3 is 2.29 bits per heavy atom. The van der Waals surface area contributed by atoms with E-state index in [-0.39, 0.29) is 11.7 Å². The fraction of sp³-hybridized carbons (Fsp3) is 0.471. The summed E-state index contributed by atoms with van der Waals surface area (Å²) in [4.78, 5) is 11.7. The number of carbonyl (C=O) groups is 1. The number of ether oxygens (including phenoxy) is 2. The standard InChI is InChI=1S/C17H24O4/c1-11(2)21-15(14(16(18)19)17(3,4)5)12-8-7-9-13(10-12)20-6/h7-11H,1-6H3,(H,18,19). The highest BCUT2D eigenvalue weighted by Gasteiger charge is 2.30.